The Morgan fingerprint density at radius 2 is 2.13 bits per heavy atom. The quantitative estimate of drug-likeness (QED) is 0.554. The van der Waals surface area contributed by atoms with Gasteiger partial charge in [0.1, 0.15) is 23.7 Å². The summed E-state index contributed by atoms with van der Waals surface area (Å²) in [7, 11) is 3.60. The van der Waals surface area contributed by atoms with Crippen LogP contribution < -0.4 is 10.1 Å². The van der Waals surface area contributed by atoms with Gasteiger partial charge in [0.2, 0.25) is 5.71 Å². The zero-order valence-corrected chi connectivity index (χ0v) is 18.2. The summed E-state index contributed by atoms with van der Waals surface area (Å²) in [5.41, 5.74) is 2.12. The molecule has 7 heteroatoms. The molecule has 1 atom stereocenters. The van der Waals surface area contributed by atoms with Gasteiger partial charge < -0.3 is 14.5 Å². The average molecular weight is 409 g/mol. The van der Waals surface area contributed by atoms with Crippen molar-refractivity contribution in [3.8, 4) is 5.75 Å². The summed E-state index contributed by atoms with van der Waals surface area (Å²) in [6.45, 7) is 6.29. The number of likely N-dealkylation sites (N-methyl/N-ethyl adjacent to an activating group) is 1. The Labute approximate surface area is 176 Å². The van der Waals surface area contributed by atoms with Crippen molar-refractivity contribution in [2.75, 3.05) is 26.0 Å². The minimum Gasteiger partial charge on any atom is -0.497 e. The molecule has 0 spiro atoms. The van der Waals surface area contributed by atoms with E-state index in [4.69, 9.17) is 9.15 Å². The number of nitrogens with zero attached hydrogens (tertiary/aromatic N) is 3. The maximum Gasteiger partial charge on any atom is 0.232 e. The first-order valence-electron chi connectivity index (χ1n) is 10.2. The standard InChI is InChI=1S/C23H28N4O3/c1-14(16-7-6-8-17(11-16)29-5)27(4)12-18(28)19-15(2)30-22-20(19)21(24-13-25-22)26-23(3)9-10-23/h6-8,11,13-14H,9-10,12H2,1-5H3,(H,24,25,26). The number of furan rings is 1. The Morgan fingerprint density at radius 1 is 1.37 bits per heavy atom. The van der Waals surface area contributed by atoms with Crippen LogP contribution in [0.15, 0.2) is 35.0 Å². The van der Waals surface area contributed by atoms with Crippen molar-refractivity contribution in [3.63, 3.8) is 0 Å². The fourth-order valence-electron chi connectivity index (χ4n) is 3.67. The summed E-state index contributed by atoms with van der Waals surface area (Å²) in [5, 5.41) is 4.14. The number of rotatable bonds is 8. The highest BCUT2D eigenvalue weighted by atomic mass is 16.5. The van der Waals surface area contributed by atoms with Crippen molar-refractivity contribution in [2.45, 2.75) is 45.2 Å². The van der Waals surface area contributed by atoms with Crippen LogP contribution in [0.2, 0.25) is 0 Å². The summed E-state index contributed by atoms with van der Waals surface area (Å²) in [5.74, 6) is 2.03. The monoisotopic (exact) mass is 408 g/mol. The van der Waals surface area contributed by atoms with Gasteiger partial charge in [-0.2, -0.15) is 0 Å². The van der Waals surface area contributed by atoms with Crippen LogP contribution in [0.25, 0.3) is 11.1 Å². The third kappa shape index (κ3) is 3.89. The summed E-state index contributed by atoms with van der Waals surface area (Å²) in [6.07, 6.45) is 3.64. The maximum absolute atomic E-state index is 13.3. The normalized spacial score (nSPS) is 15.9. The van der Waals surface area contributed by atoms with Crippen molar-refractivity contribution in [1.82, 2.24) is 14.9 Å². The molecule has 1 aliphatic rings. The second kappa shape index (κ2) is 7.72. The highest BCUT2D eigenvalue weighted by molar-refractivity contribution is 6.11. The van der Waals surface area contributed by atoms with Crippen molar-refractivity contribution < 1.29 is 13.9 Å². The maximum atomic E-state index is 13.3. The molecule has 1 fully saturated rings. The van der Waals surface area contributed by atoms with Gasteiger partial charge in [-0.05, 0) is 58.4 Å². The van der Waals surface area contributed by atoms with E-state index in [9.17, 15) is 4.79 Å². The van der Waals surface area contributed by atoms with E-state index in [1.54, 1.807) is 7.11 Å². The Balaban J connectivity index is 1.60. The molecule has 0 radical (unpaired) electrons. The fourth-order valence-corrected chi connectivity index (χ4v) is 3.67. The Hall–Kier alpha value is -2.93. The molecule has 30 heavy (non-hydrogen) atoms. The fraction of sp³-hybridized carbons (Fsp3) is 0.435. The number of fused-ring (bicyclic) bond motifs is 1. The van der Waals surface area contributed by atoms with Gasteiger partial charge in [-0.25, -0.2) is 9.97 Å². The molecule has 1 N–H and O–H groups in total. The van der Waals surface area contributed by atoms with Gasteiger partial charge in [0.25, 0.3) is 0 Å². The highest BCUT2D eigenvalue weighted by Crippen LogP contribution is 2.40. The van der Waals surface area contributed by atoms with E-state index in [0.717, 1.165) is 24.2 Å². The molecule has 0 saturated heterocycles. The van der Waals surface area contributed by atoms with Crippen LogP contribution in [0, 0.1) is 6.92 Å². The lowest BCUT2D eigenvalue weighted by atomic mass is 10.0. The van der Waals surface area contributed by atoms with Crippen LogP contribution in [0.4, 0.5) is 5.82 Å². The SMILES string of the molecule is COc1cccc(C(C)N(C)CC(=O)c2c(C)oc3ncnc(NC4(C)CC4)c23)c1. The second-order valence-corrected chi connectivity index (χ2v) is 8.41. The van der Waals surface area contributed by atoms with Crippen molar-refractivity contribution in [1.29, 1.82) is 0 Å². The van der Waals surface area contributed by atoms with Crippen molar-refractivity contribution in [3.05, 3.63) is 47.5 Å². The number of carbonyl (C=O) groups is 1. The smallest absolute Gasteiger partial charge is 0.232 e. The summed E-state index contributed by atoms with van der Waals surface area (Å²) in [6, 6.07) is 7.95. The van der Waals surface area contributed by atoms with Gasteiger partial charge in [-0.1, -0.05) is 12.1 Å². The van der Waals surface area contributed by atoms with Gasteiger partial charge in [-0.3, -0.25) is 9.69 Å². The van der Waals surface area contributed by atoms with E-state index >= 15 is 0 Å². The molecule has 1 unspecified atom stereocenters. The first kappa shape index (κ1) is 20.3. The van der Waals surface area contributed by atoms with Gasteiger partial charge in [0.05, 0.1) is 24.6 Å². The molecule has 158 valence electrons. The number of hydrogen-bond acceptors (Lipinski definition) is 7. The second-order valence-electron chi connectivity index (χ2n) is 8.41. The predicted octanol–water partition coefficient (Wildman–Crippen LogP) is 4.38. The molecule has 3 aromatic rings. The molecular weight excluding hydrogens is 380 g/mol. The lowest BCUT2D eigenvalue weighted by molar-refractivity contribution is 0.0924. The number of Topliss-reactive ketones (excluding diaryl/α,β-unsaturated/α-hetero) is 1. The minimum atomic E-state index is -0.0118. The number of aryl methyl sites for hydroxylation is 1. The van der Waals surface area contributed by atoms with Crippen LogP contribution in [0.5, 0.6) is 5.75 Å². The number of carbonyl (C=O) groups excluding carboxylic acids is 1. The zero-order chi connectivity index (χ0) is 21.5. The van der Waals surface area contributed by atoms with Crippen LogP contribution in [0.1, 0.15) is 54.4 Å². The van der Waals surface area contributed by atoms with E-state index < -0.39 is 0 Å². The van der Waals surface area contributed by atoms with Crippen LogP contribution in [-0.4, -0.2) is 46.9 Å². The molecule has 1 aromatic carbocycles. The van der Waals surface area contributed by atoms with Gasteiger partial charge >= 0.3 is 0 Å². The largest absolute Gasteiger partial charge is 0.497 e. The summed E-state index contributed by atoms with van der Waals surface area (Å²) >= 11 is 0. The predicted molar refractivity (Wildman–Crippen MR) is 116 cm³/mol. The number of methoxy groups -OCH3 is 1. The average Bonchev–Trinajstić information content (AvgIpc) is 3.34. The van der Waals surface area contributed by atoms with Gasteiger partial charge in [-0.15, -0.1) is 0 Å². The summed E-state index contributed by atoms with van der Waals surface area (Å²) < 4.78 is 11.1. The van der Waals surface area contributed by atoms with Crippen LogP contribution in [-0.2, 0) is 0 Å². The number of ether oxygens (including phenoxy) is 1. The van der Waals surface area contributed by atoms with Gasteiger partial charge in [0, 0.05) is 11.6 Å². The topological polar surface area (TPSA) is 80.5 Å². The Kier molecular flexibility index (Phi) is 5.24. The van der Waals surface area contributed by atoms with E-state index in [1.165, 1.54) is 6.33 Å². The van der Waals surface area contributed by atoms with E-state index in [1.807, 2.05) is 43.1 Å². The number of hydrogen-bond donors (Lipinski definition) is 1. The van der Waals surface area contributed by atoms with E-state index in [-0.39, 0.29) is 23.9 Å². The lowest BCUT2D eigenvalue weighted by Gasteiger charge is -2.24. The molecule has 4 rings (SSSR count). The molecule has 0 bridgehead atoms. The number of aromatic nitrogens is 2. The van der Waals surface area contributed by atoms with Crippen molar-refractivity contribution >= 4 is 22.7 Å². The highest BCUT2D eigenvalue weighted by Gasteiger charge is 2.38. The molecule has 7 nitrogen and oxygen atoms in total. The Bertz CT molecular complexity index is 1090. The third-order valence-corrected chi connectivity index (χ3v) is 5.99. The summed E-state index contributed by atoms with van der Waals surface area (Å²) in [4.78, 5) is 24.0. The molecule has 1 aliphatic carbocycles. The van der Waals surface area contributed by atoms with Crippen LogP contribution in [0.3, 0.4) is 0 Å². The molecule has 1 saturated carbocycles. The van der Waals surface area contributed by atoms with Crippen LogP contribution >= 0.6 is 0 Å². The van der Waals surface area contributed by atoms with E-state index in [0.29, 0.717) is 28.2 Å². The molecule has 0 aliphatic heterocycles. The first-order valence-corrected chi connectivity index (χ1v) is 10.2. The zero-order valence-electron chi connectivity index (χ0n) is 18.2. The number of benzene rings is 1. The molecule has 2 heterocycles. The Morgan fingerprint density at radius 3 is 2.83 bits per heavy atom. The third-order valence-electron chi connectivity index (χ3n) is 5.99. The first-order chi connectivity index (χ1) is 14.3. The van der Waals surface area contributed by atoms with Gasteiger partial charge in [0.15, 0.2) is 5.78 Å². The van der Waals surface area contributed by atoms with E-state index in [2.05, 4.69) is 29.1 Å². The molecule has 0 amide bonds. The minimum absolute atomic E-state index is 0.0118. The molecular formula is C23H28N4O3. The lowest BCUT2D eigenvalue weighted by Crippen LogP contribution is -2.29. The number of ketones is 1. The molecule has 2 aromatic heterocycles. The number of nitrogens with one attached hydrogen (secondary N) is 1. The number of anilines is 1. The van der Waals surface area contributed by atoms with Crippen molar-refractivity contribution in [2.24, 2.45) is 0 Å².